The molecule has 0 aromatic carbocycles. The van der Waals surface area contributed by atoms with Crippen molar-refractivity contribution in [1.82, 2.24) is 14.7 Å². The van der Waals surface area contributed by atoms with Crippen LogP contribution in [0.25, 0.3) is 0 Å². The molecular formula is C12H18N4O4. The fourth-order valence-corrected chi connectivity index (χ4v) is 2.76. The van der Waals surface area contributed by atoms with Crippen molar-refractivity contribution in [2.24, 2.45) is 5.92 Å². The molecule has 0 spiro atoms. The number of hydrogen-bond acceptors (Lipinski definition) is 5. The van der Waals surface area contributed by atoms with Gasteiger partial charge < -0.3 is 10.0 Å². The number of likely N-dealkylation sites (tertiary alicyclic amines) is 1. The van der Waals surface area contributed by atoms with Crippen LogP contribution in [0.4, 0.5) is 5.69 Å². The van der Waals surface area contributed by atoms with E-state index in [1.54, 1.807) is 4.90 Å². The van der Waals surface area contributed by atoms with E-state index in [4.69, 9.17) is 0 Å². The number of nitro groups is 1. The van der Waals surface area contributed by atoms with Gasteiger partial charge in [-0.1, -0.05) is 6.92 Å². The lowest BCUT2D eigenvalue weighted by atomic mass is 9.99. The van der Waals surface area contributed by atoms with E-state index in [0.717, 1.165) is 19.0 Å². The summed E-state index contributed by atoms with van der Waals surface area (Å²) < 4.78 is 1.28. The molecule has 8 nitrogen and oxygen atoms in total. The highest BCUT2D eigenvalue weighted by molar-refractivity contribution is 5.76. The molecule has 0 radical (unpaired) electrons. The second-order valence-electron chi connectivity index (χ2n) is 4.95. The topological polar surface area (TPSA) is 102 Å². The molecule has 1 aromatic heterocycles. The normalized spacial score (nSPS) is 22.2. The van der Waals surface area contributed by atoms with E-state index in [1.807, 2.05) is 6.92 Å². The van der Waals surface area contributed by atoms with Crippen LogP contribution in [-0.4, -0.2) is 49.8 Å². The summed E-state index contributed by atoms with van der Waals surface area (Å²) in [6.07, 6.45) is 3.96. The second-order valence-corrected chi connectivity index (χ2v) is 4.95. The summed E-state index contributed by atoms with van der Waals surface area (Å²) >= 11 is 0. The smallest absolute Gasteiger partial charge is 0.307 e. The largest absolute Gasteiger partial charge is 0.396 e. The number of hydrogen-bond donors (Lipinski definition) is 1. The minimum atomic E-state index is -0.541. The Morgan fingerprint density at radius 3 is 2.95 bits per heavy atom. The van der Waals surface area contributed by atoms with E-state index >= 15 is 0 Å². The zero-order chi connectivity index (χ0) is 14.7. The van der Waals surface area contributed by atoms with E-state index in [1.165, 1.54) is 10.9 Å². The van der Waals surface area contributed by atoms with Gasteiger partial charge in [0.05, 0.1) is 4.92 Å². The van der Waals surface area contributed by atoms with Crippen molar-refractivity contribution in [3.05, 3.63) is 22.5 Å². The minimum Gasteiger partial charge on any atom is -0.396 e. The Balaban J connectivity index is 2.02. The first-order valence-corrected chi connectivity index (χ1v) is 6.64. The van der Waals surface area contributed by atoms with Gasteiger partial charge in [0.1, 0.15) is 18.9 Å². The zero-order valence-electron chi connectivity index (χ0n) is 11.3. The van der Waals surface area contributed by atoms with E-state index in [9.17, 15) is 20.0 Å². The van der Waals surface area contributed by atoms with Crippen LogP contribution in [0.2, 0.25) is 0 Å². The molecule has 20 heavy (non-hydrogen) atoms. The highest BCUT2D eigenvalue weighted by Gasteiger charge is 2.35. The second kappa shape index (κ2) is 6.00. The van der Waals surface area contributed by atoms with E-state index in [0.29, 0.717) is 6.54 Å². The van der Waals surface area contributed by atoms with Gasteiger partial charge in [-0.2, -0.15) is 5.10 Å². The van der Waals surface area contributed by atoms with Gasteiger partial charge >= 0.3 is 5.69 Å². The molecule has 2 atom stereocenters. The molecule has 0 aliphatic carbocycles. The first-order valence-electron chi connectivity index (χ1n) is 6.64. The van der Waals surface area contributed by atoms with Crippen LogP contribution in [0, 0.1) is 16.0 Å². The van der Waals surface area contributed by atoms with Gasteiger partial charge in [-0.3, -0.25) is 19.6 Å². The molecule has 2 heterocycles. The highest BCUT2D eigenvalue weighted by Crippen LogP contribution is 2.26. The van der Waals surface area contributed by atoms with E-state index in [-0.39, 0.29) is 36.7 Å². The highest BCUT2D eigenvalue weighted by atomic mass is 16.6. The van der Waals surface area contributed by atoms with E-state index in [2.05, 4.69) is 5.10 Å². The average molecular weight is 282 g/mol. The molecule has 0 saturated carbocycles. The maximum atomic E-state index is 12.2. The number of rotatable bonds is 5. The summed E-state index contributed by atoms with van der Waals surface area (Å²) in [6, 6.07) is 0.0399. The first kappa shape index (κ1) is 14.4. The van der Waals surface area contributed by atoms with Crippen molar-refractivity contribution < 1.29 is 14.8 Å². The number of carbonyl (C=O) groups is 1. The van der Waals surface area contributed by atoms with Crippen LogP contribution >= 0.6 is 0 Å². The summed E-state index contributed by atoms with van der Waals surface area (Å²) in [4.78, 5) is 24.0. The number of aliphatic hydroxyl groups is 1. The minimum absolute atomic E-state index is 0.0114. The molecule has 1 aliphatic heterocycles. The summed E-state index contributed by atoms with van der Waals surface area (Å²) in [7, 11) is 0. The summed E-state index contributed by atoms with van der Waals surface area (Å²) in [5.41, 5.74) is -0.125. The third kappa shape index (κ3) is 2.79. The molecule has 0 unspecified atom stereocenters. The molecule has 1 aromatic rings. The molecule has 1 amide bonds. The predicted octanol–water partition coefficient (Wildman–Crippen LogP) is 0.411. The number of carbonyl (C=O) groups excluding carboxylic acids is 1. The van der Waals surface area contributed by atoms with Gasteiger partial charge in [-0.15, -0.1) is 0 Å². The lowest BCUT2D eigenvalue weighted by molar-refractivity contribution is -0.385. The van der Waals surface area contributed by atoms with Gasteiger partial charge in [0.25, 0.3) is 0 Å². The Hall–Kier alpha value is -1.96. The molecule has 1 fully saturated rings. The van der Waals surface area contributed by atoms with E-state index < -0.39 is 4.92 Å². The summed E-state index contributed by atoms with van der Waals surface area (Å²) in [6.45, 7) is 2.67. The fourth-order valence-electron chi connectivity index (χ4n) is 2.76. The molecule has 0 bridgehead atoms. The number of aliphatic hydroxyl groups excluding tert-OH is 1. The van der Waals surface area contributed by atoms with Gasteiger partial charge in [-0.25, -0.2) is 0 Å². The van der Waals surface area contributed by atoms with Crippen LogP contribution in [0.5, 0.6) is 0 Å². The van der Waals surface area contributed by atoms with Gasteiger partial charge in [-0.05, 0) is 12.8 Å². The van der Waals surface area contributed by atoms with Crippen molar-refractivity contribution in [2.75, 3.05) is 13.2 Å². The van der Waals surface area contributed by atoms with Crippen LogP contribution in [-0.2, 0) is 11.3 Å². The molecule has 1 aliphatic rings. The van der Waals surface area contributed by atoms with Crippen molar-refractivity contribution in [1.29, 1.82) is 0 Å². The first-order chi connectivity index (χ1) is 9.56. The predicted molar refractivity (Wildman–Crippen MR) is 69.9 cm³/mol. The SMILES string of the molecule is CC[C@H]1[C@H](CO)CCN1C(=O)Cn1cc([N+](=O)[O-])cn1. The Bertz CT molecular complexity index is 501. The molecule has 8 heteroatoms. The molecule has 2 rings (SSSR count). The quantitative estimate of drug-likeness (QED) is 0.622. The Kier molecular flexibility index (Phi) is 4.33. The van der Waals surface area contributed by atoms with Crippen molar-refractivity contribution >= 4 is 11.6 Å². The Labute approximate surface area is 116 Å². The molecule has 1 N–H and O–H groups in total. The van der Waals surface area contributed by atoms with Crippen LogP contribution in [0.1, 0.15) is 19.8 Å². The molecule has 1 saturated heterocycles. The monoisotopic (exact) mass is 282 g/mol. The maximum absolute atomic E-state index is 12.2. The lowest BCUT2D eigenvalue weighted by Crippen LogP contribution is -2.40. The van der Waals surface area contributed by atoms with Crippen molar-refractivity contribution in [3.8, 4) is 0 Å². The number of nitrogens with zero attached hydrogens (tertiary/aromatic N) is 4. The average Bonchev–Trinajstić information content (AvgIpc) is 3.03. The van der Waals surface area contributed by atoms with Gasteiger partial charge in [0, 0.05) is 25.1 Å². The fraction of sp³-hybridized carbons (Fsp3) is 0.667. The van der Waals surface area contributed by atoms with Gasteiger partial charge in [0.2, 0.25) is 5.91 Å². The molecular weight excluding hydrogens is 264 g/mol. The maximum Gasteiger partial charge on any atom is 0.307 e. The zero-order valence-corrected chi connectivity index (χ0v) is 11.3. The third-order valence-electron chi connectivity index (χ3n) is 3.79. The molecule has 110 valence electrons. The van der Waals surface area contributed by atoms with Crippen LogP contribution < -0.4 is 0 Å². The Morgan fingerprint density at radius 2 is 2.40 bits per heavy atom. The van der Waals surface area contributed by atoms with Crippen LogP contribution in [0.15, 0.2) is 12.4 Å². The summed E-state index contributed by atoms with van der Waals surface area (Å²) in [5, 5.41) is 23.7. The number of aromatic nitrogens is 2. The van der Waals surface area contributed by atoms with Crippen molar-refractivity contribution in [3.63, 3.8) is 0 Å². The number of amides is 1. The standard InChI is InChI=1S/C12H18N4O4/c1-2-11-9(8-17)3-4-15(11)12(18)7-14-6-10(5-13-14)16(19)20/h5-6,9,11,17H,2-4,7-8H2,1H3/t9-,11-/m0/s1. The van der Waals surface area contributed by atoms with Crippen LogP contribution in [0.3, 0.4) is 0 Å². The van der Waals surface area contributed by atoms with Gasteiger partial charge in [0.15, 0.2) is 0 Å². The summed E-state index contributed by atoms with van der Waals surface area (Å²) in [5.74, 6) is 0.00158. The lowest BCUT2D eigenvalue weighted by Gasteiger charge is -2.26. The van der Waals surface area contributed by atoms with Crippen molar-refractivity contribution in [2.45, 2.75) is 32.4 Å². The Morgan fingerprint density at radius 1 is 1.65 bits per heavy atom. The third-order valence-corrected chi connectivity index (χ3v) is 3.79.